The van der Waals surface area contributed by atoms with Gasteiger partial charge in [-0.25, -0.2) is 4.79 Å². The van der Waals surface area contributed by atoms with E-state index in [-0.39, 0.29) is 12.1 Å². The van der Waals surface area contributed by atoms with Gasteiger partial charge in [0.2, 0.25) is 0 Å². The van der Waals surface area contributed by atoms with E-state index in [4.69, 9.17) is 11.6 Å². The second kappa shape index (κ2) is 6.50. The molecule has 0 bridgehead atoms. The highest BCUT2D eigenvalue weighted by Gasteiger charge is 2.26. The van der Waals surface area contributed by atoms with Gasteiger partial charge in [-0.05, 0) is 43.7 Å². The fraction of sp³-hybridized carbons (Fsp3) is 0.462. The van der Waals surface area contributed by atoms with Crippen LogP contribution in [0.2, 0.25) is 5.02 Å². The van der Waals surface area contributed by atoms with E-state index in [0.717, 1.165) is 24.2 Å². The summed E-state index contributed by atoms with van der Waals surface area (Å²) < 4.78 is 0. The third-order valence-corrected chi connectivity index (χ3v) is 4.24. The normalized spacial score (nSPS) is 22.3. The Morgan fingerprint density at radius 1 is 1.47 bits per heavy atom. The number of benzene rings is 1. The van der Waals surface area contributed by atoms with Crippen molar-refractivity contribution in [3.63, 3.8) is 0 Å². The van der Waals surface area contributed by atoms with Gasteiger partial charge in [-0.2, -0.15) is 0 Å². The molecular weight excluding hydrogens is 284 g/mol. The molecule has 19 heavy (non-hydrogen) atoms. The highest BCUT2D eigenvalue weighted by Crippen LogP contribution is 2.28. The minimum absolute atomic E-state index is 0.156. The van der Waals surface area contributed by atoms with Crippen molar-refractivity contribution in [2.75, 3.05) is 11.6 Å². The number of halogens is 1. The van der Waals surface area contributed by atoms with Gasteiger partial charge in [0.05, 0.1) is 17.8 Å². The standard InChI is InChI=1S/C13H17ClN2O2S/c1-19-12-6-5-8(14)7-10(12)16-13(18)15-9-3-2-4-11(9)17/h5-7,9,11,17H,2-4H2,1H3,(H2,15,16,18)/t9-,11+/m1/s1. The highest BCUT2D eigenvalue weighted by molar-refractivity contribution is 7.98. The number of aliphatic hydroxyl groups is 1. The summed E-state index contributed by atoms with van der Waals surface area (Å²) in [5.41, 5.74) is 0.685. The first kappa shape index (κ1) is 14.5. The lowest BCUT2D eigenvalue weighted by Gasteiger charge is -2.17. The predicted molar refractivity (Wildman–Crippen MR) is 79.0 cm³/mol. The molecule has 1 aromatic carbocycles. The summed E-state index contributed by atoms with van der Waals surface area (Å²) in [6, 6.07) is 4.92. The molecule has 0 radical (unpaired) electrons. The van der Waals surface area contributed by atoms with Crippen molar-refractivity contribution < 1.29 is 9.90 Å². The lowest BCUT2D eigenvalue weighted by Crippen LogP contribution is -2.42. The number of carbonyl (C=O) groups is 1. The van der Waals surface area contributed by atoms with Gasteiger partial charge in [0.25, 0.3) is 0 Å². The molecule has 0 aromatic heterocycles. The predicted octanol–water partition coefficient (Wildman–Crippen LogP) is 3.10. The fourth-order valence-corrected chi connectivity index (χ4v) is 2.92. The topological polar surface area (TPSA) is 61.4 Å². The first-order valence-electron chi connectivity index (χ1n) is 6.19. The van der Waals surface area contributed by atoms with Gasteiger partial charge in [0.1, 0.15) is 0 Å². The highest BCUT2D eigenvalue weighted by atomic mass is 35.5. The van der Waals surface area contributed by atoms with Crippen molar-refractivity contribution in [3.05, 3.63) is 23.2 Å². The average Bonchev–Trinajstić information content (AvgIpc) is 2.75. The van der Waals surface area contributed by atoms with Crippen molar-refractivity contribution in [1.29, 1.82) is 0 Å². The van der Waals surface area contributed by atoms with Crippen molar-refractivity contribution >= 4 is 35.1 Å². The molecule has 2 rings (SSSR count). The molecule has 1 aliphatic carbocycles. The Morgan fingerprint density at radius 2 is 2.26 bits per heavy atom. The van der Waals surface area contributed by atoms with Crippen molar-refractivity contribution in [2.24, 2.45) is 0 Å². The molecule has 2 atom stereocenters. The number of hydrogen-bond donors (Lipinski definition) is 3. The van der Waals surface area contributed by atoms with Gasteiger partial charge < -0.3 is 15.7 Å². The van der Waals surface area contributed by atoms with Crippen LogP contribution in [-0.4, -0.2) is 29.5 Å². The molecule has 4 nitrogen and oxygen atoms in total. The molecule has 2 amide bonds. The zero-order valence-corrected chi connectivity index (χ0v) is 12.2. The number of aliphatic hydroxyl groups excluding tert-OH is 1. The largest absolute Gasteiger partial charge is 0.391 e. The number of thioether (sulfide) groups is 1. The summed E-state index contributed by atoms with van der Waals surface area (Å²) in [6.45, 7) is 0. The van der Waals surface area contributed by atoms with Crippen LogP contribution in [0.4, 0.5) is 10.5 Å². The summed E-state index contributed by atoms with van der Waals surface area (Å²) >= 11 is 7.47. The molecular formula is C13H17ClN2O2S. The Kier molecular flexibility index (Phi) is 4.96. The van der Waals surface area contributed by atoms with Crippen LogP contribution in [0.25, 0.3) is 0 Å². The van der Waals surface area contributed by atoms with Crippen LogP contribution in [0.3, 0.4) is 0 Å². The number of rotatable bonds is 3. The molecule has 1 saturated carbocycles. The van der Waals surface area contributed by atoms with Crippen LogP contribution in [0, 0.1) is 0 Å². The molecule has 0 aliphatic heterocycles. The first-order valence-corrected chi connectivity index (χ1v) is 7.79. The fourth-order valence-electron chi connectivity index (χ4n) is 2.21. The van der Waals surface area contributed by atoms with Crippen LogP contribution in [0.1, 0.15) is 19.3 Å². The first-order chi connectivity index (χ1) is 9.10. The van der Waals surface area contributed by atoms with E-state index < -0.39 is 6.10 Å². The molecule has 104 valence electrons. The minimum atomic E-state index is -0.440. The SMILES string of the molecule is CSc1ccc(Cl)cc1NC(=O)N[C@@H]1CCC[C@@H]1O. The zero-order chi connectivity index (χ0) is 13.8. The maximum absolute atomic E-state index is 11.9. The Balaban J connectivity index is 2.00. The lowest BCUT2D eigenvalue weighted by molar-refractivity contribution is 0.151. The average molecular weight is 301 g/mol. The second-order valence-electron chi connectivity index (χ2n) is 4.55. The molecule has 1 aliphatic rings. The Bertz CT molecular complexity index is 470. The smallest absolute Gasteiger partial charge is 0.319 e. The van der Waals surface area contributed by atoms with E-state index in [9.17, 15) is 9.90 Å². The van der Waals surface area contributed by atoms with Crippen molar-refractivity contribution in [1.82, 2.24) is 5.32 Å². The number of amides is 2. The van der Waals surface area contributed by atoms with Crippen molar-refractivity contribution in [2.45, 2.75) is 36.3 Å². The minimum Gasteiger partial charge on any atom is -0.391 e. The van der Waals surface area contributed by atoms with Crippen LogP contribution in [0.15, 0.2) is 23.1 Å². The Labute approximate surface area is 121 Å². The number of carbonyl (C=O) groups excluding carboxylic acids is 1. The van der Waals surface area contributed by atoms with Gasteiger partial charge >= 0.3 is 6.03 Å². The van der Waals surface area contributed by atoms with Gasteiger partial charge in [0, 0.05) is 9.92 Å². The maximum atomic E-state index is 11.9. The second-order valence-corrected chi connectivity index (χ2v) is 5.83. The van der Waals surface area contributed by atoms with Crippen molar-refractivity contribution in [3.8, 4) is 0 Å². The summed E-state index contributed by atoms with van der Waals surface area (Å²) in [5.74, 6) is 0. The molecule has 0 saturated heterocycles. The Hall–Kier alpha value is -0.910. The maximum Gasteiger partial charge on any atom is 0.319 e. The molecule has 0 heterocycles. The number of nitrogens with one attached hydrogen (secondary N) is 2. The third-order valence-electron chi connectivity index (χ3n) is 3.21. The molecule has 6 heteroatoms. The number of anilines is 1. The van der Waals surface area contributed by atoms with E-state index in [1.54, 1.807) is 12.1 Å². The van der Waals surface area contributed by atoms with Crippen LogP contribution < -0.4 is 10.6 Å². The van der Waals surface area contributed by atoms with E-state index >= 15 is 0 Å². The molecule has 0 spiro atoms. The van der Waals surface area contributed by atoms with E-state index in [2.05, 4.69) is 10.6 Å². The summed E-state index contributed by atoms with van der Waals surface area (Å²) in [4.78, 5) is 12.9. The van der Waals surface area contributed by atoms with E-state index in [1.807, 2.05) is 12.3 Å². The van der Waals surface area contributed by atoms with Gasteiger partial charge in [-0.15, -0.1) is 11.8 Å². The summed E-state index contributed by atoms with van der Waals surface area (Å²) in [5, 5.41) is 15.8. The lowest BCUT2D eigenvalue weighted by atomic mass is 10.2. The zero-order valence-electron chi connectivity index (χ0n) is 10.6. The van der Waals surface area contributed by atoms with Gasteiger partial charge in [-0.1, -0.05) is 11.6 Å². The quantitative estimate of drug-likeness (QED) is 0.752. The van der Waals surface area contributed by atoms with Gasteiger partial charge in [-0.3, -0.25) is 0 Å². The number of hydrogen-bond acceptors (Lipinski definition) is 3. The van der Waals surface area contributed by atoms with Crippen LogP contribution in [0.5, 0.6) is 0 Å². The van der Waals surface area contributed by atoms with Gasteiger partial charge in [0.15, 0.2) is 0 Å². The van der Waals surface area contributed by atoms with Crippen LogP contribution in [-0.2, 0) is 0 Å². The van der Waals surface area contributed by atoms with E-state index in [1.165, 1.54) is 11.8 Å². The molecule has 3 N–H and O–H groups in total. The number of urea groups is 1. The molecule has 1 fully saturated rings. The summed E-state index contributed by atoms with van der Waals surface area (Å²) in [6.07, 6.45) is 4.01. The molecule has 1 aromatic rings. The third kappa shape index (κ3) is 3.78. The molecule has 0 unspecified atom stereocenters. The Morgan fingerprint density at radius 3 is 2.89 bits per heavy atom. The monoisotopic (exact) mass is 300 g/mol. The van der Waals surface area contributed by atoms with E-state index in [0.29, 0.717) is 10.7 Å². The van der Waals surface area contributed by atoms with Crippen LogP contribution >= 0.6 is 23.4 Å². The summed E-state index contributed by atoms with van der Waals surface area (Å²) in [7, 11) is 0.